The van der Waals surface area contributed by atoms with Gasteiger partial charge in [0, 0.05) is 25.8 Å². The molecule has 0 fully saturated rings. The number of rotatable bonds is 2. The van der Waals surface area contributed by atoms with Crippen molar-refractivity contribution in [1.29, 1.82) is 5.41 Å². The molecule has 1 heterocycles. The van der Waals surface area contributed by atoms with E-state index in [-0.39, 0.29) is 5.84 Å². The quantitative estimate of drug-likeness (QED) is 0.376. The van der Waals surface area contributed by atoms with Crippen LogP contribution in [0.2, 0.25) is 0 Å². The SMILES string of the molecule is CC(=O)O.CC(=O)O.N=C(N)c1csc(CN)n1. The standard InChI is InChI=1S/C5H8N4S.2C2H4O2/c6-1-4-9-3(2-10-4)5(7)8;2*1-2(3)4/h2H,1,6H2,(H3,7,8);2*1H3,(H,3,4). The molecule has 0 atom stereocenters. The minimum atomic E-state index is -0.833. The molecule has 7 N–H and O–H groups in total. The maximum absolute atomic E-state index is 9.00. The molecule has 0 aromatic carbocycles. The smallest absolute Gasteiger partial charge is 0.300 e. The van der Waals surface area contributed by atoms with Gasteiger partial charge in [-0.15, -0.1) is 11.3 Å². The summed E-state index contributed by atoms with van der Waals surface area (Å²) < 4.78 is 0. The van der Waals surface area contributed by atoms with Crippen molar-refractivity contribution in [3.63, 3.8) is 0 Å². The van der Waals surface area contributed by atoms with Gasteiger partial charge in [-0.05, 0) is 0 Å². The third-order valence-electron chi connectivity index (χ3n) is 1.00. The number of nitrogens with one attached hydrogen (secondary N) is 1. The highest BCUT2D eigenvalue weighted by molar-refractivity contribution is 7.09. The van der Waals surface area contributed by atoms with Crippen LogP contribution in [0.5, 0.6) is 0 Å². The molecule has 0 amide bonds. The molecule has 0 aliphatic rings. The maximum atomic E-state index is 9.00. The van der Waals surface area contributed by atoms with Crippen molar-refractivity contribution in [3.8, 4) is 0 Å². The van der Waals surface area contributed by atoms with Gasteiger partial charge in [-0.1, -0.05) is 0 Å². The predicted molar refractivity (Wildman–Crippen MR) is 67.6 cm³/mol. The Labute approximate surface area is 108 Å². The van der Waals surface area contributed by atoms with E-state index in [2.05, 4.69) is 4.98 Å². The first kappa shape index (κ1) is 18.4. The monoisotopic (exact) mass is 276 g/mol. The lowest BCUT2D eigenvalue weighted by Crippen LogP contribution is -2.11. The summed E-state index contributed by atoms with van der Waals surface area (Å²) in [7, 11) is 0. The van der Waals surface area contributed by atoms with E-state index < -0.39 is 11.9 Å². The Morgan fingerprint density at radius 2 is 1.78 bits per heavy atom. The fourth-order valence-electron chi connectivity index (χ4n) is 0.528. The summed E-state index contributed by atoms with van der Waals surface area (Å²) in [5.41, 5.74) is 11.0. The van der Waals surface area contributed by atoms with Crippen molar-refractivity contribution in [2.45, 2.75) is 20.4 Å². The molecule has 0 bridgehead atoms. The summed E-state index contributed by atoms with van der Waals surface area (Å²) in [5, 5.41) is 24.4. The zero-order chi connectivity index (χ0) is 14.7. The molecule has 0 spiro atoms. The third-order valence-corrected chi connectivity index (χ3v) is 1.87. The van der Waals surface area contributed by atoms with E-state index in [0.717, 1.165) is 18.9 Å². The number of nitrogens with zero attached hydrogens (tertiary/aromatic N) is 1. The fraction of sp³-hybridized carbons (Fsp3) is 0.333. The summed E-state index contributed by atoms with van der Waals surface area (Å²) >= 11 is 1.42. The van der Waals surface area contributed by atoms with Crippen LogP contribution in [0.25, 0.3) is 0 Å². The molecule has 1 aromatic heterocycles. The fourth-order valence-corrected chi connectivity index (χ4v) is 1.20. The van der Waals surface area contributed by atoms with Crippen LogP contribution >= 0.6 is 11.3 Å². The van der Waals surface area contributed by atoms with Gasteiger partial charge in [0.05, 0.1) is 0 Å². The largest absolute Gasteiger partial charge is 0.481 e. The van der Waals surface area contributed by atoms with E-state index in [0.29, 0.717) is 12.2 Å². The van der Waals surface area contributed by atoms with Crippen molar-refractivity contribution in [3.05, 3.63) is 16.1 Å². The van der Waals surface area contributed by atoms with Gasteiger partial charge in [0.1, 0.15) is 16.5 Å². The summed E-state index contributed by atoms with van der Waals surface area (Å²) in [6.07, 6.45) is 0. The summed E-state index contributed by atoms with van der Waals surface area (Å²) in [5.74, 6) is -1.67. The van der Waals surface area contributed by atoms with E-state index in [1.807, 2.05) is 0 Å². The molecule has 1 aromatic rings. The topological polar surface area (TPSA) is 163 Å². The molecule has 8 nitrogen and oxygen atoms in total. The Bertz CT molecular complexity index is 385. The molecule has 18 heavy (non-hydrogen) atoms. The lowest BCUT2D eigenvalue weighted by atomic mass is 10.5. The molecule has 0 saturated heterocycles. The number of nitrogen functional groups attached to an aromatic ring is 1. The van der Waals surface area contributed by atoms with Crippen LogP contribution in [0.15, 0.2) is 5.38 Å². The molecule has 0 aliphatic carbocycles. The first-order chi connectivity index (χ1) is 8.20. The lowest BCUT2D eigenvalue weighted by molar-refractivity contribution is -0.135. The van der Waals surface area contributed by atoms with Gasteiger partial charge in [-0.25, -0.2) is 4.98 Å². The average molecular weight is 276 g/mol. The highest BCUT2D eigenvalue weighted by atomic mass is 32.1. The Morgan fingerprint density at radius 1 is 1.39 bits per heavy atom. The second-order valence-corrected chi connectivity index (χ2v) is 3.72. The van der Waals surface area contributed by atoms with Gasteiger partial charge in [0.2, 0.25) is 0 Å². The van der Waals surface area contributed by atoms with Crippen molar-refractivity contribution < 1.29 is 19.8 Å². The van der Waals surface area contributed by atoms with E-state index >= 15 is 0 Å². The lowest BCUT2D eigenvalue weighted by Gasteiger charge is -1.86. The van der Waals surface area contributed by atoms with E-state index in [4.69, 9.17) is 36.7 Å². The zero-order valence-corrected chi connectivity index (χ0v) is 10.8. The Balaban J connectivity index is 0. The second-order valence-electron chi connectivity index (χ2n) is 2.78. The number of hydrogen-bond acceptors (Lipinski definition) is 6. The summed E-state index contributed by atoms with van der Waals surface area (Å²) in [4.78, 5) is 22.0. The minimum absolute atomic E-state index is 0.00375. The molecule has 0 unspecified atom stereocenters. The van der Waals surface area contributed by atoms with Crippen LogP contribution < -0.4 is 11.5 Å². The van der Waals surface area contributed by atoms with Crippen LogP contribution in [-0.2, 0) is 16.1 Å². The Hall–Kier alpha value is -2.00. The predicted octanol–water partition coefficient (Wildman–Crippen LogP) is 0.0677. The van der Waals surface area contributed by atoms with E-state index in [1.165, 1.54) is 11.3 Å². The van der Waals surface area contributed by atoms with E-state index in [9.17, 15) is 0 Å². The number of aliphatic carboxylic acids is 2. The van der Waals surface area contributed by atoms with Gasteiger partial charge >= 0.3 is 0 Å². The number of thiazole rings is 1. The molecule has 0 saturated carbocycles. The molecular weight excluding hydrogens is 260 g/mol. The number of carboxylic acid groups (broad SMARTS) is 2. The van der Waals surface area contributed by atoms with Crippen molar-refractivity contribution in [2.75, 3.05) is 0 Å². The molecular formula is C9H16N4O4S. The minimum Gasteiger partial charge on any atom is -0.481 e. The molecule has 102 valence electrons. The number of carboxylic acids is 2. The number of carbonyl (C=O) groups is 2. The van der Waals surface area contributed by atoms with Crippen LogP contribution in [0, 0.1) is 5.41 Å². The first-order valence-electron chi connectivity index (χ1n) is 4.58. The zero-order valence-electron chi connectivity index (χ0n) is 10.0. The van der Waals surface area contributed by atoms with Gasteiger partial charge in [-0.2, -0.15) is 0 Å². The second kappa shape index (κ2) is 10.2. The van der Waals surface area contributed by atoms with Gasteiger partial charge in [0.15, 0.2) is 0 Å². The maximum Gasteiger partial charge on any atom is 0.300 e. The highest BCUT2D eigenvalue weighted by Gasteiger charge is 2.00. The van der Waals surface area contributed by atoms with Crippen LogP contribution in [-0.4, -0.2) is 33.0 Å². The summed E-state index contributed by atoms with van der Waals surface area (Å²) in [6.45, 7) is 2.58. The Morgan fingerprint density at radius 3 is 1.94 bits per heavy atom. The van der Waals surface area contributed by atoms with Crippen LogP contribution in [0.1, 0.15) is 24.5 Å². The van der Waals surface area contributed by atoms with Gasteiger partial charge in [-0.3, -0.25) is 15.0 Å². The number of aromatic nitrogens is 1. The van der Waals surface area contributed by atoms with Crippen molar-refractivity contribution >= 4 is 29.1 Å². The van der Waals surface area contributed by atoms with Crippen molar-refractivity contribution in [1.82, 2.24) is 4.98 Å². The van der Waals surface area contributed by atoms with Crippen LogP contribution in [0.4, 0.5) is 0 Å². The molecule has 1 rings (SSSR count). The third kappa shape index (κ3) is 14.0. The first-order valence-corrected chi connectivity index (χ1v) is 5.46. The van der Waals surface area contributed by atoms with Gasteiger partial charge in [0.25, 0.3) is 11.9 Å². The number of nitrogens with two attached hydrogens (primary N) is 2. The van der Waals surface area contributed by atoms with Crippen LogP contribution in [0.3, 0.4) is 0 Å². The number of amidine groups is 1. The van der Waals surface area contributed by atoms with E-state index in [1.54, 1.807) is 5.38 Å². The Kier molecular flexibility index (Phi) is 10.4. The van der Waals surface area contributed by atoms with Crippen molar-refractivity contribution in [2.24, 2.45) is 11.5 Å². The normalized spacial score (nSPS) is 8.17. The van der Waals surface area contributed by atoms with Gasteiger partial charge < -0.3 is 21.7 Å². The molecule has 9 heteroatoms. The molecule has 0 aliphatic heterocycles. The summed E-state index contributed by atoms with van der Waals surface area (Å²) in [6, 6.07) is 0. The number of hydrogen-bond donors (Lipinski definition) is 5. The average Bonchev–Trinajstić information content (AvgIpc) is 2.63. The molecule has 0 radical (unpaired) electrons. The highest BCUT2D eigenvalue weighted by Crippen LogP contribution is 2.07.